The minimum atomic E-state index is -4.63. The maximum absolute atomic E-state index is 12.6. The molecule has 0 saturated carbocycles. The van der Waals surface area contributed by atoms with E-state index < -0.39 is 51.8 Å². The minimum absolute atomic E-state index is 0.138. The van der Waals surface area contributed by atoms with Crippen molar-refractivity contribution in [3.05, 3.63) is 36.5 Å². The first-order chi connectivity index (χ1) is 25.7. The number of unbranched alkanes of at least 4 members (excludes halogenated alkanes) is 19. The van der Waals surface area contributed by atoms with E-state index in [2.05, 4.69) is 54.8 Å². The van der Waals surface area contributed by atoms with Gasteiger partial charge in [0.1, 0.15) is 12.7 Å². The van der Waals surface area contributed by atoms with Crippen molar-refractivity contribution in [3.8, 4) is 0 Å². The van der Waals surface area contributed by atoms with E-state index in [0.717, 1.165) is 44.9 Å². The predicted molar refractivity (Wildman–Crippen MR) is 214 cm³/mol. The van der Waals surface area contributed by atoms with Crippen LogP contribution in [0.3, 0.4) is 0 Å². The quantitative estimate of drug-likeness (QED) is 0.0238. The van der Waals surface area contributed by atoms with Gasteiger partial charge in [-0.05, 0) is 70.6 Å². The SMILES string of the molecule is CCCCCCCC/C=C/C/C=C/CCCCC(=O)O[C@H](COC(=O)CCCC/C=C/CCCCCCCCCCC)COP(=O)(O)OC[C@@H](O)CO. The molecule has 0 aromatic carbocycles. The molecule has 53 heavy (non-hydrogen) atoms. The van der Waals surface area contributed by atoms with E-state index in [1.807, 2.05) is 0 Å². The van der Waals surface area contributed by atoms with Crippen molar-refractivity contribution in [1.82, 2.24) is 0 Å². The lowest BCUT2D eigenvalue weighted by molar-refractivity contribution is -0.161. The topological polar surface area (TPSA) is 149 Å². The molecular formula is C42H77O10P. The summed E-state index contributed by atoms with van der Waals surface area (Å²) in [6.45, 7) is 2.31. The molecule has 0 aromatic heterocycles. The Kier molecular flexibility index (Phi) is 37.2. The summed E-state index contributed by atoms with van der Waals surface area (Å²) in [5, 5.41) is 18.3. The molecule has 3 atom stereocenters. The highest BCUT2D eigenvalue weighted by Gasteiger charge is 2.27. The van der Waals surface area contributed by atoms with Crippen LogP contribution in [0.5, 0.6) is 0 Å². The van der Waals surface area contributed by atoms with Gasteiger partial charge in [-0.1, -0.05) is 134 Å². The van der Waals surface area contributed by atoms with Crippen molar-refractivity contribution < 1.29 is 47.8 Å². The Balaban J connectivity index is 4.40. The van der Waals surface area contributed by atoms with Crippen LogP contribution in [0.1, 0.15) is 181 Å². The Morgan fingerprint density at radius 3 is 1.47 bits per heavy atom. The van der Waals surface area contributed by atoms with Crippen molar-refractivity contribution in [3.63, 3.8) is 0 Å². The van der Waals surface area contributed by atoms with Crippen LogP contribution in [0.15, 0.2) is 36.5 Å². The van der Waals surface area contributed by atoms with Gasteiger partial charge in [0.15, 0.2) is 6.10 Å². The number of allylic oxidation sites excluding steroid dienone is 6. The van der Waals surface area contributed by atoms with Crippen LogP contribution >= 0.6 is 7.82 Å². The Labute approximate surface area is 322 Å². The number of phosphoric acid groups is 1. The van der Waals surface area contributed by atoms with Crippen LogP contribution in [-0.4, -0.2) is 65.7 Å². The number of aliphatic hydroxyl groups excluding tert-OH is 2. The van der Waals surface area contributed by atoms with E-state index in [4.69, 9.17) is 19.1 Å². The Hall–Kier alpha value is -1.81. The number of hydrogen-bond acceptors (Lipinski definition) is 9. The largest absolute Gasteiger partial charge is 0.472 e. The first-order valence-corrected chi connectivity index (χ1v) is 22.4. The lowest BCUT2D eigenvalue weighted by atomic mass is 10.1. The molecule has 0 bridgehead atoms. The molecule has 0 amide bonds. The van der Waals surface area contributed by atoms with Crippen LogP contribution in [0.25, 0.3) is 0 Å². The third-order valence-electron chi connectivity index (χ3n) is 8.77. The van der Waals surface area contributed by atoms with E-state index in [-0.39, 0.29) is 19.4 Å². The molecule has 0 fully saturated rings. The zero-order chi connectivity index (χ0) is 39.1. The fraction of sp³-hybridized carbons (Fsp3) is 0.810. The number of esters is 2. The molecule has 0 aliphatic carbocycles. The molecule has 0 aliphatic rings. The van der Waals surface area contributed by atoms with E-state index in [0.29, 0.717) is 12.8 Å². The lowest BCUT2D eigenvalue weighted by Crippen LogP contribution is -2.29. The maximum Gasteiger partial charge on any atom is 0.472 e. The molecule has 0 radical (unpaired) electrons. The standard InChI is InChI=1S/C42H77O10P/c1-3-5-7-9-11-13-15-17-19-21-23-25-27-29-31-33-41(45)49-37-40(38-51-53(47,48)50-36-39(44)35-43)52-42(46)34-32-30-28-26-24-22-20-18-16-14-12-10-8-6-4-2/h18,20,23-26,39-40,43-44H,3-17,19,21-22,27-38H2,1-2H3,(H,47,48)/b20-18+,25-23+,26-24+/t39-,40+/m0/s1. The zero-order valence-corrected chi connectivity index (χ0v) is 34.4. The molecule has 0 saturated heterocycles. The van der Waals surface area contributed by atoms with Crippen LogP contribution in [0.4, 0.5) is 0 Å². The normalized spacial score (nSPS) is 14.3. The van der Waals surface area contributed by atoms with Gasteiger partial charge >= 0.3 is 19.8 Å². The van der Waals surface area contributed by atoms with Crippen molar-refractivity contribution >= 4 is 19.8 Å². The van der Waals surface area contributed by atoms with Gasteiger partial charge in [-0.15, -0.1) is 0 Å². The Morgan fingerprint density at radius 2 is 0.981 bits per heavy atom. The number of ether oxygens (including phenoxy) is 2. The number of rotatable bonds is 39. The second-order valence-corrected chi connectivity index (χ2v) is 15.5. The van der Waals surface area contributed by atoms with Gasteiger partial charge in [0.2, 0.25) is 0 Å². The maximum atomic E-state index is 12.6. The zero-order valence-electron chi connectivity index (χ0n) is 33.5. The highest BCUT2D eigenvalue weighted by molar-refractivity contribution is 7.47. The summed E-state index contributed by atoms with van der Waals surface area (Å²) in [6.07, 6.45) is 38.3. The predicted octanol–water partition coefficient (Wildman–Crippen LogP) is 10.8. The monoisotopic (exact) mass is 773 g/mol. The van der Waals surface area contributed by atoms with Gasteiger partial charge in [-0.3, -0.25) is 18.6 Å². The number of carbonyl (C=O) groups excluding carboxylic acids is 2. The smallest absolute Gasteiger partial charge is 0.462 e. The summed E-state index contributed by atoms with van der Waals surface area (Å²) in [4.78, 5) is 34.9. The van der Waals surface area contributed by atoms with E-state index in [1.165, 1.54) is 96.3 Å². The van der Waals surface area contributed by atoms with Crippen molar-refractivity contribution in [2.45, 2.75) is 193 Å². The first kappa shape index (κ1) is 51.2. The highest BCUT2D eigenvalue weighted by atomic mass is 31.2. The molecule has 3 N–H and O–H groups in total. The second kappa shape index (κ2) is 38.5. The van der Waals surface area contributed by atoms with Crippen molar-refractivity contribution in [2.24, 2.45) is 0 Å². The fourth-order valence-electron chi connectivity index (χ4n) is 5.49. The van der Waals surface area contributed by atoms with Crippen molar-refractivity contribution in [1.29, 1.82) is 0 Å². The molecule has 1 unspecified atom stereocenters. The summed E-state index contributed by atoms with van der Waals surface area (Å²) in [5.74, 6) is -0.988. The van der Waals surface area contributed by atoms with E-state index in [9.17, 15) is 24.2 Å². The van der Waals surface area contributed by atoms with Gasteiger partial charge in [0, 0.05) is 12.8 Å². The molecular weight excluding hydrogens is 695 g/mol. The molecule has 310 valence electrons. The Morgan fingerprint density at radius 1 is 0.566 bits per heavy atom. The van der Waals surface area contributed by atoms with Crippen LogP contribution in [-0.2, 0) is 32.7 Å². The summed E-state index contributed by atoms with van der Waals surface area (Å²) in [7, 11) is -4.63. The fourth-order valence-corrected chi connectivity index (χ4v) is 6.28. The molecule has 0 aliphatic heterocycles. The molecule has 0 rings (SSSR count). The van der Waals surface area contributed by atoms with E-state index in [1.54, 1.807) is 0 Å². The van der Waals surface area contributed by atoms with Crippen molar-refractivity contribution in [2.75, 3.05) is 26.4 Å². The minimum Gasteiger partial charge on any atom is -0.462 e. The third kappa shape index (κ3) is 38.3. The summed E-state index contributed by atoms with van der Waals surface area (Å²) in [6, 6.07) is 0. The number of carbonyl (C=O) groups is 2. The molecule has 0 aromatic rings. The van der Waals surface area contributed by atoms with Gasteiger partial charge < -0.3 is 24.6 Å². The molecule has 10 nitrogen and oxygen atoms in total. The molecule has 11 heteroatoms. The highest BCUT2D eigenvalue weighted by Crippen LogP contribution is 2.43. The van der Waals surface area contributed by atoms with Crippen LogP contribution < -0.4 is 0 Å². The van der Waals surface area contributed by atoms with Gasteiger partial charge in [-0.25, -0.2) is 4.57 Å². The molecule has 0 spiro atoms. The number of phosphoric ester groups is 1. The van der Waals surface area contributed by atoms with Crippen LogP contribution in [0, 0.1) is 0 Å². The van der Waals surface area contributed by atoms with Gasteiger partial charge in [0.05, 0.1) is 19.8 Å². The van der Waals surface area contributed by atoms with Gasteiger partial charge in [-0.2, -0.15) is 0 Å². The first-order valence-electron chi connectivity index (χ1n) is 20.9. The average molecular weight is 773 g/mol. The lowest BCUT2D eigenvalue weighted by Gasteiger charge is -2.20. The number of hydrogen-bond donors (Lipinski definition) is 3. The summed E-state index contributed by atoms with van der Waals surface area (Å²) in [5.41, 5.74) is 0. The second-order valence-electron chi connectivity index (χ2n) is 14.0. The Bertz CT molecular complexity index is 983. The average Bonchev–Trinajstić information content (AvgIpc) is 3.14. The van der Waals surface area contributed by atoms with E-state index >= 15 is 0 Å². The summed E-state index contributed by atoms with van der Waals surface area (Å²) >= 11 is 0. The van der Waals surface area contributed by atoms with Gasteiger partial charge in [0.25, 0.3) is 0 Å². The summed E-state index contributed by atoms with van der Waals surface area (Å²) < 4.78 is 32.6. The third-order valence-corrected chi connectivity index (χ3v) is 9.72. The number of aliphatic hydroxyl groups is 2. The molecule has 0 heterocycles. The van der Waals surface area contributed by atoms with Crippen LogP contribution in [0.2, 0.25) is 0 Å².